The van der Waals surface area contributed by atoms with E-state index in [0.717, 1.165) is 30.9 Å². The predicted molar refractivity (Wildman–Crippen MR) is 81.2 cm³/mol. The van der Waals surface area contributed by atoms with E-state index in [1.807, 2.05) is 24.3 Å². The number of hydrogen-bond acceptors (Lipinski definition) is 3. The first-order valence-corrected chi connectivity index (χ1v) is 7.23. The van der Waals surface area contributed by atoms with Crippen LogP contribution < -0.4 is 10.1 Å². The first-order chi connectivity index (χ1) is 9.78. The fourth-order valence-corrected chi connectivity index (χ4v) is 2.26. The largest absolute Gasteiger partial charge is 0.494 e. The summed E-state index contributed by atoms with van der Waals surface area (Å²) in [6.07, 6.45) is 3.59. The number of hydrogen-bond donors (Lipinski definition) is 1. The molecule has 0 saturated carbocycles. The molecule has 0 aliphatic carbocycles. The van der Waals surface area contributed by atoms with Crippen LogP contribution >= 0.6 is 0 Å². The zero-order chi connectivity index (χ0) is 14.2. The molecule has 0 spiro atoms. The van der Waals surface area contributed by atoms with Gasteiger partial charge in [-0.25, -0.2) is 0 Å². The molecule has 0 aliphatic heterocycles. The smallest absolute Gasteiger partial charge is 0.119 e. The van der Waals surface area contributed by atoms with Gasteiger partial charge in [0.05, 0.1) is 12.9 Å². The molecular formula is C17H23NO2. The maximum atomic E-state index is 5.81. The molecule has 0 saturated heterocycles. The van der Waals surface area contributed by atoms with Crippen molar-refractivity contribution in [3.8, 4) is 5.75 Å². The Morgan fingerprint density at radius 1 is 1.25 bits per heavy atom. The molecule has 3 nitrogen and oxygen atoms in total. The maximum Gasteiger partial charge on any atom is 0.119 e. The normalized spacial score (nSPS) is 12.3. The second kappa shape index (κ2) is 7.75. The Bertz CT molecular complexity index is 493. The second-order valence-corrected chi connectivity index (χ2v) is 4.99. The molecule has 1 unspecified atom stereocenters. The summed E-state index contributed by atoms with van der Waals surface area (Å²) in [4.78, 5) is 0. The molecule has 0 fully saturated rings. The van der Waals surface area contributed by atoms with Crippen molar-refractivity contribution < 1.29 is 9.15 Å². The van der Waals surface area contributed by atoms with Gasteiger partial charge in [0.2, 0.25) is 0 Å². The molecule has 1 aromatic carbocycles. The van der Waals surface area contributed by atoms with Crippen LogP contribution in [0, 0.1) is 6.92 Å². The Morgan fingerprint density at radius 3 is 2.85 bits per heavy atom. The first-order valence-electron chi connectivity index (χ1n) is 7.23. The van der Waals surface area contributed by atoms with E-state index in [0.29, 0.717) is 12.6 Å². The molecule has 0 bridgehead atoms. The quantitative estimate of drug-likeness (QED) is 0.798. The van der Waals surface area contributed by atoms with Crippen LogP contribution in [-0.4, -0.2) is 19.2 Å². The van der Waals surface area contributed by atoms with Crippen LogP contribution in [-0.2, 0) is 6.42 Å². The van der Waals surface area contributed by atoms with E-state index >= 15 is 0 Å². The highest BCUT2D eigenvalue weighted by Crippen LogP contribution is 2.13. The summed E-state index contributed by atoms with van der Waals surface area (Å²) >= 11 is 0. The fraction of sp³-hybridized carbons (Fsp3) is 0.412. The van der Waals surface area contributed by atoms with Crippen LogP contribution in [0.25, 0.3) is 0 Å². The van der Waals surface area contributed by atoms with E-state index in [1.54, 1.807) is 6.26 Å². The lowest BCUT2D eigenvalue weighted by Gasteiger charge is -2.17. The SMILES string of the molecule is CCNC(CCOc1cccc(C)c1)Cc1ccco1. The average Bonchev–Trinajstić information content (AvgIpc) is 2.92. The molecule has 1 N–H and O–H groups in total. The third kappa shape index (κ3) is 4.74. The third-order valence-electron chi connectivity index (χ3n) is 3.25. The summed E-state index contributed by atoms with van der Waals surface area (Å²) in [6.45, 7) is 5.86. The summed E-state index contributed by atoms with van der Waals surface area (Å²) in [5.74, 6) is 1.96. The predicted octanol–water partition coefficient (Wildman–Crippen LogP) is 3.58. The van der Waals surface area contributed by atoms with Gasteiger partial charge in [0, 0.05) is 12.5 Å². The van der Waals surface area contributed by atoms with E-state index in [4.69, 9.17) is 9.15 Å². The Kier molecular flexibility index (Phi) is 5.69. The molecule has 1 aromatic heterocycles. The number of rotatable bonds is 8. The average molecular weight is 273 g/mol. The zero-order valence-electron chi connectivity index (χ0n) is 12.3. The van der Waals surface area contributed by atoms with Crippen LogP contribution in [0.5, 0.6) is 5.75 Å². The molecule has 1 heterocycles. The van der Waals surface area contributed by atoms with Gasteiger partial charge in [0.1, 0.15) is 11.5 Å². The van der Waals surface area contributed by atoms with Gasteiger partial charge in [-0.3, -0.25) is 0 Å². The fourth-order valence-electron chi connectivity index (χ4n) is 2.26. The summed E-state index contributed by atoms with van der Waals surface area (Å²) in [7, 11) is 0. The van der Waals surface area contributed by atoms with Crippen molar-refractivity contribution >= 4 is 0 Å². The standard InChI is InChI=1S/C17H23NO2/c1-3-18-15(13-17-8-5-10-19-17)9-11-20-16-7-4-6-14(2)12-16/h4-8,10,12,15,18H,3,9,11,13H2,1-2H3. The highest BCUT2D eigenvalue weighted by molar-refractivity contribution is 5.27. The molecule has 2 rings (SSSR count). The van der Waals surface area contributed by atoms with Gasteiger partial charge in [-0.2, -0.15) is 0 Å². The maximum absolute atomic E-state index is 5.81. The zero-order valence-corrected chi connectivity index (χ0v) is 12.3. The van der Waals surface area contributed by atoms with Crippen molar-refractivity contribution in [1.82, 2.24) is 5.32 Å². The highest BCUT2D eigenvalue weighted by Gasteiger charge is 2.10. The van der Waals surface area contributed by atoms with Gasteiger partial charge in [-0.1, -0.05) is 19.1 Å². The molecular weight excluding hydrogens is 250 g/mol. The number of aryl methyl sites for hydroxylation is 1. The van der Waals surface area contributed by atoms with Crippen molar-refractivity contribution in [2.24, 2.45) is 0 Å². The molecule has 1 atom stereocenters. The van der Waals surface area contributed by atoms with E-state index in [1.165, 1.54) is 5.56 Å². The van der Waals surface area contributed by atoms with Crippen LogP contribution in [0.15, 0.2) is 47.1 Å². The Hall–Kier alpha value is -1.74. The number of ether oxygens (including phenoxy) is 1. The van der Waals surface area contributed by atoms with Crippen LogP contribution in [0.1, 0.15) is 24.7 Å². The van der Waals surface area contributed by atoms with Crippen molar-refractivity contribution in [2.45, 2.75) is 32.7 Å². The molecule has 0 radical (unpaired) electrons. The van der Waals surface area contributed by atoms with Crippen molar-refractivity contribution in [3.05, 3.63) is 54.0 Å². The molecule has 0 amide bonds. The number of furan rings is 1. The van der Waals surface area contributed by atoms with E-state index in [2.05, 4.69) is 31.3 Å². The summed E-state index contributed by atoms with van der Waals surface area (Å²) in [6, 6.07) is 12.5. The summed E-state index contributed by atoms with van der Waals surface area (Å²) in [5.41, 5.74) is 1.22. The molecule has 0 aliphatic rings. The van der Waals surface area contributed by atoms with Crippen molar-refractivity contribution in [2.75, 3.05) is 13.2 Å². The lowest BCUT2D eigenvalue weighted by Crippen LogP contribution is -2.32. The molecule has 108 valence electrons. The second-order valence-electron chi connectivity index (χ2n) is 4.99. The number of likely N-dealkylation sites (N-methyl/N-ethyl adjacent to an activating group) is 1. The Labute approximate surface area is 121 Å². The van der Waals surface area contributed by atoms with Crippen LogP contribution in [0.3, 0.4) is 0 Å². The summed E-state index contributed by atoms with van der Waals surface area (Å²) < 4.78 is 11.2. The lowest BCUT2D eigenvalue weighted by atomic mass is 10.1. The minimum Gasteiger partial charge on any atom is -0.494 e. The van der Waals surface area contributed by atoms with Gasteiger partial charge >= 0.3 is 0 Å². The number of nitrogens with one attached hydrogen (secondary N) is 1. The highest BCUT2D eigenvalue weighted by atomic mass is 16.5. The lowest BCUT2D eigenvalue weighted by molar-refractivity contribution is 0.281. The van der Waals surface area contributed by atoms with Gasteiger partial charge in [-0.05, 0) is 49.7 Å². The number of benzene rings is 1. The minimum absolute atomic E-state index is 0.385. The molecule has 3 heteroatoms. The van der Waals surface area contributed by atoms with Crippen molar-refractivity contribution in [1.29, 1.82) is 0 Å². The van der Waals surface area contributed by atoms with E-state index in [-0.39, 0.29) is 0 Å². The van der Waals surface area contributed by atoms with Gasteiger partial charge in [0.25, 0.3) is 0 Å². The van der Waals surface area contributed by atoms with Crippen LogP contribution in [0.4, 0.5) is 0 Å². The van der Waals surface area contributed by atoms with Crippen molar-refractivity contribution in [3.63, 3.8) is 0 Å². The molecule has 20 heavy (non-hydrogen) atoms. The van der Waals surface area contributed by atoms with Gasteiger partial charge in [-0.15, -0.1) is 0 Å². The molecule has 2 aromatic rings. The van der Waals surface area contributed by atoms with Crippen LogP contribution in [0.2, 0.25) is 0 Å². The summed E-state index contributed by atoms with van der Waals surface area (Å²) in [5, 5.41) is 3.48. The monoisotopic (exact) mass is 273 g/mol. The van der Waals surface area contributed by atoms with E-state index < -0.39 is 0 Å². The third-order valence-corrected chi connectivity index (χ3v) is 3.25. The van der Waals surface area contributed by atoms with E-state index in [9.17, 15) is 0 Å². The Balaban J connectivity index is 1.80. The van der Waals surface area contributed by atoms with Gasteiger partial charge in [0.15, 0.2) is 0 Å². The topological polar surface area (TPSA) is 34.4 Å². The first kappa shape index (κ1) is 14.7. The minimum atomic E-state index is 0.385. The van der Waals surface area contributed by atoms with Gasteiger partial charge < -0.3 is 14.5 Å². The Morgan fingerprint density at radius 2 is 2.15 bits per heavy atom.